The first kappa shape index (κ1) is 17.2. The molecule has 0 unspecified atom stereocenters. The van der Waals surface area contributed by atoms with E-state index in [-0.39, 0.29) is 17.0 Å². The van der Waals surface area contributed by atoms with Gasteiger partial charge in [0.05, 0.1) is 5.56 Å². The van der Waals surface area contributed by atoms with Crippen LogP contribution < -0.4 is 16.3 Å². The van der Waals surface area contributed by atoms with E-state index in [1.807, 2.05) is 6.07 Å². The Kier molecular flexibility index (Phi) is 4.94. The number of amides is 2. The lowest BCUT2D eigenvalue weighted by Crippen LogP contribution is -2.21. The van der Waals surface area contributed by atoms with Crippen molar-refractivity contribution >= 4 is 23.2 Å². The average molecular weight is 348 g/mol. The van der Waals surface area contributed by atoms with Gasteiger partial charge in [0.1, 0.15) is 11.4 Å². The summed E-state index contributed by atoms with van der Waals surface area (Å²) in [5.41, 5.74) is 0.350. The highest BCUT2D eigenvalue weighted by molar-refractivity contribution is 6.07. The Bertz CT molecular complexity index is 995. The molecule has 0 aliphatic heterocycles. The second kappa shape index (κ2) is 7.48. The fourth-order valence-corrected chi connectivity index (χ4v) is 2.37. The lowest BCUT2D eigenvalue weighted by Gasteiger charge is -2.09. The van der Waals surface area contributed by atoms with Gasteiger partial charge < -0.3 is 15.1 Å². The molecule has 0 aliphatic rings. The zero-order chi connectivity index (χ0) is 18.5. The second-order valence-corrected chi connectivity index (χ2v) is 5.56. The molecule has 2 amide bonds. The number of anilines is 2. The molecule has 2 aromatic carbocycles. The van der Waals surface area contributed by atoms with Crippen LogP contribution in [-0.2, 0) is 0 Å². The molecule has 6 nitrogen and oxygen atoms in total. The maximum atomic E-state index is 12.5. The van der Waals surface area contributed by atoms with Gasteiger partial charge >= 0.3 is 5.63 Å². The Balaban J connectivity index is 1.86. The highest BCUT2D eigenvalue weighted by Gasteiger charge is 2.17. The largest absolute Gasteiger partial charge is 0.426 e. The van der Waals surface area contributed by atoms with Crippen molar-refractivity contribution < 1.29 is 14.0 Å². The topological polar surface area (TPSA) is 88.4 Å². The monoisotopic (exact) mass is 348 g/mol. The lowest BCUT2D eigenvalue weighted by molar-refractivity contribution is 0.101. The minimum absolute atomic E-state index is 0.0948. The van der Waals surface area contributed by atoms with E-state index in [0.717, 1.165) is 0 Å². The molecule has 6 heteroatoms. The number of benzene rings is 2. The van der Waals surface area contributed by atoms with E-state index in [1.54, 1.807) is 54.6 Å². The summed E-state index contributed by atoms with van der Waals surface area (Å²) in [5.74, 6) is -0.732. The average Bonchev–Trinajstić information content (AvgIpc) is 2.65. The van der Waals surface area contributed by atoms with E-state index in [4.69, 9.17) is 4.42 Å². The normalized spacial score (nSPS) is 10.2. The molecule has 0 aliphatic carbocycles. The number of carbonyl (C=O) groups excluding carboxylic acids is 2. The molecule has 3 rings (SSSR count). The van der Waals surface area contributed by atoms with Gasteiger partial charge in [-0.15, -0.1) is 0 Å². The van der Waals surface area contributed by atoms with E-state index in [9.17, 15) is 14.4 Å². The van der Waals surface area contributed by atoms with Crippen molar-refractivity contribution in [2.45, 2.75) is 6.92 Å². The fourth-order valence-electron chi connectivity index (χ4n) is 2.37. The highest BCUT2D eigenvalue weighted by atomic mass is 16.4. The van der Waals surface area contributed by atoms with Gasteiger partial charge in [-0.2, -0.15) is 0 Å². The molecule has 0 fully saturated rings. The molecule has 0 atom stereocenters. The van der Waals surface area contributed by atoms with Crippen molar-refractivity contribution in [3.05, 3.63) is 94.0 Å². The minimum Gasteiger partial charge on any atom is -0.426 e. The van der Waals surface area contributed by atoms with Crippen LogP contribution in [0, 0.1) is 6.92 Å². The van der Waals surface area contributed by atoms with Crippen molar-refractivity contribution in [2.75, 3.05) is 10.6 Å². The smallest absolute Gasteiger partial charge is 0.359 e. The van der Waals surface area contributed by atoms with Crippen LogP contribution in [0.5, 0.6) is 0 Å². The van der Waals surface area contributed by atoms with Gasteiger partial charge in [-0.05, 0) is 37.3 Å². The zero-order valence-corrected chi connectivity index (χ0v) is 14.0. The standard InChI is InChI=1S/C20H16N2O4/c1-13-16(19(24)21-15-10-6-3-7-11-15)12-17(20(25)26-13)22-18(23)14-8-4-2-5-9-14/h2-12H,1H3,(H,21,24)(H,22,23). The first-order valence-corrected chi connectivity index (χ1v) is 7.92. The summed E-state index contributed by atoms with van der Waals surface area (Å²) < 4.78 is 5.10. The molecule has 2 N–H and O–H groups in total. The quantitative estimate of drug-likeness (QED) is 0.756. The summed E-state index contributed by atoms with van der Waals surface area (Å²) in [6.07, 6.45) is 0. The van der Waals surface area contributed by atoms with Crippen molar-refractivity contribution in [3.63, 3.8) is 0 Å². The van der Waals surface area contributed by atoms with E-state index < -0.39 is 17.4 Å². The molecule has 0 radical (unpaired) electrons. The van der Waals surface area contributed by atoms with Crippen molar-refractivity contribution in [2.24, 2.45) is 0 Å². The number of hydrogen-bond donors (Lipinski definition) is 2. The molecule has 1 heterocycles. The van der Waals surface area contributed by atoms with Gasteiger partial charge in [0.15, 0.2) is 0 Å². The number of hydrogen-bond acceptors (Lipinski definition) is 4. The number of nitrogens with one attached hydrogen (secondary N) is 2. The molecular formula is C20H16N2O4. The maximum absolute atomic E-state index is 12.5. The van der Waals surface area contributed by atoms with Crippen LogP contribution in [0.4, 0.5) is 11.4 Å². The zero-order valence-electron chi connectivity index (χ0n) is 14.0. The third kappa shape index (κ3) is 3.87. The third-order valence-corrected chi connectivity index (χ3v) is 3.69. The molecule has 130 valence electrons. The molecule has 0 spiro atoms. The Hall–Kier alpha value is -3.67. The third-order valence-electron chi connectivity index (χ3n) is 3.69. The summed E-state index contributed by atoms with van der Waals surface area (Å²) >= 11 is 0. The summed E-state index contributed by atoms with van der Waals surface area (Å²) in [7, 11) is 0. The van der Waals surface area contributed by atoms with Gasteiger partial charge in [0.2, 0.25) is 0 Å². The highest BCUT2D eigenvalue weighted by Crippen LogP contribution is 2.15. The van der Waals surface area contributed by atoms with Crippen LogP contribution in [0.1, 0.15) is 26.5 Å². The molecule has 1 aromatic heterocycles. The first-order valence-electron chi connectivity index (χ1n) is 7.92. The van der Waals surface area contributed by atoms with Gasteiger partial charge in [-0.25, -0.2) is 4.79 Å². The van der Waals surface area contributed by atoms with Crippen LogP contribution in [0.3, 0.4) is 0 Å². The minimum atomic E-state index is -0.719. The van der Waals surface area contributed by atoms with Crippen LogP contribution in [-0.4, -0.2) is 11.8 Å². The maximum Gasteiger partial charge on any atom is 0.359 e. The Morgan fingerprint density at radius 2 is 1.46 bits per heavy atom. The molecule has 0 saturated heterocycles. The molecule has 26 heavy (non-hydrogen) atoms. The molecule has 0 saturated carbocycles. The second-order valence-electron chi connectivity index (χ2n) is 5.56. The summed E-state index contributed by atoms with van der Waals surface area (Å²) in [5, 5.41) is 5.20. The van der Waals surface area contributed by atoms with Crippen LogP contribution >= 0.6 is 0 Å². The van der Waals surface area contributed by atoms with Crippen LogP contribution in [0.15, 0.2) is 75.9 Å². The van der Waals surface area contributed by atoms with Gasteiger partial charge in [-0.1, -0.05) is 36.4 Å². The van der Waals surface area contributed by atoms with Gasteiger partial charge in [-0.3, -0.25) is 9.59 Å². The fraction of sp³-hybridized carbons (Fsp3) is 0.0500. The predicted octanol–water partition coefficient (Wildman–Crippen LogP) is 3.45. The molecule has 0 bridgehead atoms. The first-order chi connectivity index (χ1) is 12.5. The Morgan fingerprint density at radius 1 is 0.846 bits per heavy atom. The summed E-state index contributed by atoms with van der Waals surface area (Å²) in [6, 6.07) is 18.7. The number of rotatable bonds is 4. The predicted molar refractivity (Wildman–Crippen MR) is 98.5 cm³/mol. The van der Waals surface area contributed by atoms with Crippen LogP contribution in [0.2, 0.25) is 0 Å². The molecule has 3 aromatic rings. The molecular weight excluding hydrogens is 332 g/mol. The van der Waals surface area contributed by atoms with Gasteiger partial charge in [0.25, 0.3) is 11.8 Å². The summed E-state index contributed by atoms with van der Waals surface area (Å²) in [4.78, 5) is 36.7. The van der Waals surface area contributed by atoms with Crippen molar-refractivity contribution in [3.8, 4) is 0 Å². The lowest BCUT2D eigenvalue weighted by atomic mass is 10.1. The summed E-state index contributed by atoms with van der Waals surface area (Å²) in [6.45, 7) is 1.52. The van der Waals surface area contributed by atoms with Crippen molar-refractivity contribution in [1.29, 1.82) is 0 Å². The van der Waals surface area contributed by atoms with Crippen molar-refractivity contribution in [1.82, 2.24) is 0 Å². The number of para-hydroxylation sites is 1. The van der Waals surface area contributed by atoms with E-state index in [1.165, 1.54) is 13.0 Å². The SMILES string of the molecule is Cc1oc(=O)c(NC(=O)c2ccccc2)cc1C(=O)Nc1ccccc1. The van der Waals surface area contributed by atoms with E-state index in [2.05, 4.69) is 10.6 Å². The number of aryl methyl sites for hydroxylation is 1. The van der Waals surface area contributed by atoms with Crippen LogP contribution in [0.25, 0.3) is 0 Å². The van der Waals surface area contributed by atoms with E-state index in [0.29, 0.717) is 11.3 Å². The number of carbonyl (C=O) groups is 2. The van der Waals surface area contributed by atoms with Gasteiger partial charge in [0, 0.05) is 11.3 Å². The Morgan fingerprint density at radius 3 is 2.12 bits per heavy atom. The Labute approximate surface area is 149 Å². The van der Waals surface area contributed by atoms with E-state index >= 15 is 0 Å².